The van der Waals surface area contributed by atoms with Gasteiger partial charge in [0, 0.05) is 0 Å². The van der Waals surface area contributed by atoms with Gasteiger partial charge in [-0.05, 0) is 48.2 Å². The molecule has 0 amide bonds. The fourth-order valence-corrected chi connectivity index (χ4v) is 0.447. The van der Waals surface area contributed by atoms with Gasteiger partial charge < -0.3 is 9.80 Å². The highest BCUT2D eigenvalue weighted by Gasteiger charge is 1.79. The summed E-state index contributed by atoms with van der Waals surface area (Å²) in [6.45, 7) is 3.39. The molecule has 0 aliphatic rings. The van der Waals surface area contributed by atoms with Gasteiger partial charge in [0.25, 0.3) is 0 Å². The van der Waals surface area contributed by atoms with Crippen LogP contribution in [0.1, 0.15) is 13.3 Å². The van der Waals surface area contributed by atoms with Crippen molar-refractivity contribution in [2.75, 3.05) is 41.8 Å². The minimum Gasteiger partial charge on any atom is -0.312 e. The molecular formula is C8H22N2. The van der Waals surface area contributed by atoms with Gasteiger partial charge in [0.1, 0.15) is 0 Å². The van der Waals surface area contributed by atoms with Gasteiger partial charge in [-0.15, -0.1) is 0 Å². The second-order valence-corrected chi connectivity index (χ2v) is 3.14. The number of rotatable bonds is 2. The minimum absolute atomic E-state index is 1.21. The van der Waals surface area contributed by atoms with Crippen molar-refractivity contribution in [3.8, 4) is 0 Å². The molecule has 2 nitrogen and oxygen atoms in total. The molecule has 10 heavy (non-hydrogen) atoms. The second-order valence-electron chi connectivity index (χ2n) is 3.14. The van der Waals surface area contributed by atoms with Crippen molar-refractivity contribution in [3.63, 3.8) is 0 Å². The average Bonchev–Trinajstić information content (AvgIpc) is 1.62. The van der Waals surface area contributed by atoms with Gasteiger partial charge in [-0.3, -0.25) is 0 Å². The maximum Gasteiger partial charge on any atom is -0.00275 e. The normalized spacial score (nSPS) is 9.60. The second kappa shape index (κ2) is 8.92. The molecule has 64 valence electrons. The van der Waals surface area contributed by atoms with Crippen LogP contribution in [0.25, 0.3) is 0 Å². The minimum atomic E-state index is 1.21. The SMILES string of the molecule is CCCN(C)C.CN(C)C. The monoisotopic (exact) mass is 146 g/mol. The lowest BCUT2D eigenvalue weighted by Gasteiger charge is -2.03. The van der Waals surface area contributed by atoms with Crippen LogP contribution in [0.2, 0.25) is 0 Å². The van der Waals surface area contributed by atoms with E-state index in [1.54, 1.807) is 0 Å². The molecule has 0 saturated carbocycles. The Balaban J connectivity index is 0. The standard InChI is InChI=1S/C5H13N.C3H9N/c1-4-5-6(2)3;1-4(2)3/h4-5H2,1-3H3;1-3H3. The third-order valence-corrected chi connectivity index (χ3v) is 0.671. The quantitative estimate of drug-likeness (QED) is 0.576. The lowest BCUT2D eigenvalue weighted by Crippen LogP contribution is -2.11. The van der Waals surface area contributed by atoms with E-state index in [1.165, 1.54) is 13.0 Å². The molecule has 0 N–H and O–H groups in total. The van der Waals surface area contributed by atoms with Crippen LogP contribution in [0.3, 0.4) is 0 Å². The molecule has 0 aliphatic heterocycles. The van der Waals surface area contributed by atoms with Crippen LogP contribution < -0.4 is 0 Å². The third kappa shape index (κ3) is 44.5. The smallest absolute Gasteiger partial charge is 0.00275 e. The van der Waals surface area contributed by atoms with Crippen LogP contribution in [-0.2, 0) is 0 Å². The Kier molecular flexibility index (Phi) is 11.2. The van der Waals surface area contributed by atoms with Crippen LogP contribution in [0.4, 0.5) is 0 Å². The largest absolute Gasteiger partial charge is 0.312 e. The number of hydrogen-bond acceptors (Lipinski definition) is 2. The summed E-state index contributed by atoms with van der Waals surface area (Å²) in [6.07, 6.45) is 1.26. The van der Waals surface area contributed by atoms with Crippen molar-refractivity contribution in [1.82, 2.24) is 9.80 Å². The third-order valence-electron chi connectivity index (χ3n) is 0.671. The van der Waals surface area contributed by atoms with Crippen molar-refractivity contribution in [1.29, 1.82) is 0 Å². The first-order valence-electron chi connectivity index (χ1n) is 3.76. The summed E-state index contributed by atoms with van der Waals surface area (Å²) in [7, 11) is 10.2. The van der Waals surface area contributed by atoms with Crippen molar-refractivity contribution < 1.29 is 0 Å². The molecule has 0 radical (unpaired) electrons. The predicted octanol–water partition coefficient (Wildman–Crippen LogP) is 1.14. The molecule has 0 fully saturated rings. The number of hydrogen-bond donors (Lipinski definition) is 0. The molecule has 0 saturated heterocycles. The summed E-state index contributed by atoms with van der Waals surface area (Å²) in [5, 5.41) is 0. The Morgan fingerprint density at radius 1 is 0.900 bits per heavy atom. The summed E-state index contributed by atoms with van der Waals surface area (Å²) in [5.41, 5.74) is 0. The molecule has 0 bridgehead atoms. The molecule has 0 heterocycles. The fraction of sp³-hybridized carbons (Fsp3) is 1.00. The summed E-state index contributed by atoms with van der Waals surface area (Å²) in [6, 6.07) is 0. The highest BCUT2D eigenvalue weighted by atomic mass is 15.0. The Bertz CT molecular complexity index is 48.5. The first-order chi connectivity index (χ1) is 4.50. The highest BCUT2D eigenvalue weighted by molar-refractivity contribution is 4.34. The molecule has 2 heteroatoms. The van der Waals surface area contributed by atoms with Crippen molar-refractivity contribution in [2.24, 2.45) is 0 Å². The van der Waals surface area contributed by atoms with Crippen molar-refractivity contribution >= 4 is 0 Å². The van der Waals surface area contributed by atoms with E-state index in [1.807, 2.05) is 26.0 Å². The molecule has 0 rings (SSSR count). The molecule has 0 unspecified atom stereocenters. The zero-order valence-corrected chi connectivity index (χ0v) is 8.31. The van der Waals surface area contributed by atoms with E-state index in [-0.39, 0.29) is 0 Å². The van der Waals surface area contributed by atoms with Gasteiger partial charge in [0.15, 0.2) is 0 Å². The Hall–Kier alpha value is -0.0800. The molecule has 0 aromatic carbocycles. The van der Waals surface area contributed by atoms with E-state index in [2.05, 4.69) is 25.9 Å². The van der Waals surface area contributed by atoms with Gasteiger partial charge in [-0.1, -0.05) is 6.92 Å². The zero-order chi connectivity index (χ0) is 8.57. The van der Waals surface area contributed by atoms with Crippen LogP contribution in [-0.4, -0.2) is 51.6 Å². The van der Waals surface area contributed by atoms with E-state index in [9.17, 15) is 0 Å². The molecular weight excluding hydrogens is 124 g/mol. The molecule has 0 aliphatic carbocycles. The maximum atomic E-state index is 2.18. The van der Waals surface area contributed by atoms with Gasteiger partial charge in [-0.25, -0.2) is 0 Å². The van der Waals surface area contributed by atoms with Gasteiger partial charge >= 0.3 is 0 Å². The van der Waals surface area contributed by atoms with Crippen molar-refractivity contribution in [3.05, 3.63) is 0 Å². The van der Waals surface area contributed by atoms with Crippen molar-refractivity contribution in [2.45, 2.75) is 13.3 Å². The van der Waals surface area contributed by atoms with E-state index >= 15 is 0 Å². The molecule has 0 atom stereocenters. The van der Waals surface area contributed by atoms with Gasteiger partial charge in [-0.2, -0.15) is 0 Å². The van der Waals surface area contributed by atoms with Gasteiger partial charge in [0.2, 0.25) is 0 Å². The first kappa shape index (κ1) is 12.6. The van der Waals surface area contributed by atoms with Crippen LogP contribution in [0, 0.1) is 0 Å². The zero-order valence-electron chi connectivity index (χ0n) is 8.31. The highest BCUT2D eigenvalue weighted by Crippen LogP contribution is 1.76. The van der Waals surface area contributed by atoms with E-state index in [0.717, 1.165) is 0 Å². The average molecular weight is 146 g/mol. The van der Waals surface area contributed by atoms with Crippen LogP contribution in [0.5, 0.6) is 0 Å². The summed E-state index contributed by atoms with van der Waals surface area (Å²) >= 11 is 0. The Morgan fingerprint density at radius 3 is 1.20 bits per heavy atom. The summed E-state index contributed by atoms with van der Waals surface area (Å²) in [4.78, 5) is 4.18. The van der Waals surface area contributed by atoms with E-state index in [0.29, 0.717) is 0 Å². The number of nitrogens with zero attached hydrogens (tertiary/aromatic N) is 2. The Morgan fingerprint density at radius 2 is 1.20 bits per heavy atom. The molecule has 0 spiro atoms. The van der Waals surface area contributed by atoms with E-state index < -0.39 is 0 Å². The topological polar surface area (TPSA) is 6.48 Å². The lowest BCUT2D eigenvalue weighted by atomic mass is 10.5. The van der Waals surface area contributed by atoms with E-state index in [4.69, 9.17) is 0 Å². The maximum absolute atomic E-state index is 2.18. The summed E-state index contributed by atoms with van der Waals surface area (Å²) < 4.78 is 0. The Labute approximate surface area is 65.8 Å². The summed E-state index contributed by atoms with van der Waals surface area (Å²) in [5.74, 6) is 0. The fourth-order valence-electron chi connectivity index (χ4n) is 0.447. The lowest BCUT2D eigenvalue weighted by molar-refractivity contribution is 0.408. The predicted molar refractivity (Wildman–Crippen MR) is 48.5 cm³/mol. The first-order valence-corrected chi connectivity index (χ1v) is 3.76. The van der Waals surface area contributed by atoms with Gasteiger partial charge in [0.05, 0.1) is 0 Å². The molecule has 0 aromatic heterocycles. The van der Waals surface area contributed by atoms with Crippen LogP contribution in [0.15, 0.2) is 0 Å². The van der Waals surface area contributed by atoms with Crippen LogP contribution >= 0.6 is 0 Å². The molecule has 0 aromatic rings.